The van der Waals surface area contributed by atoms with Crippen molar-refractivity contribution >= 4 is 21.8 Å². The van der Waals surface area contributed by atoms with Crippen LogP contribution in [-0.4, -0.2) is 33.7 Å². The predicted octanol–water partition coefficient (Wildman–Crippen LogP) is 0.151. The molecule has 8 heteroatoms. The molecular formula is C5H5NO5P2. The molecule has 0 unspecified atom stereocenters. The van der Waals surface area contributed by atoms with Crippen LogP contribution in [0.3, 0.4) is 0 Å². The average molecular weight is 221 g/mol. The topological polar surface area (TPSA) is 94.9 Å². The third kappa shape index (κ3) is 4.25. The van der Waals surface area contributed by atoms with Crippen LogP contribution in [0.5, 0.6) is 0 Å². The van der Waals surface area contributed by atoms with Crippen molar-refractivity contribution in [1.29, 1.82) is 0 Å². The minimum absolute atomic E-state index is 0.581. The zero-order valence-corrected chi connectivity index (χ0v) is 8.03. The number of carboxylic acids is 1. The van der Waals surface area contributed by atoms with Crippen LogP contribution in [-0.2, 0) is 13.9 Å². The molecule has 1 atom stereocenters. The molecule has 13 heavy (non-hydrogen) atoms. The quantitative estimate of drug-likeness (QED) is 0.520. The summed E-state index contributed by atoms with van der Waals surface area (Å²) < 4.78 is 20.1. The Morgan fingerprint density at radius 1 is 1.38 bits per heavy atom. The van der Waals surface area contributed by atoms with Crippen LogP contribution >= 0.6 is 15.8 Å². The molecule has 0 spiro atoms. The summed E-state index contributed by atoms with van der Waals surface area (Å²) in [4.78, 5) is 11.1. The van der Waals surface area contributed by atoms with Crippen LogP contribution in [0.2, 0.25) is 0 Å². The van der Waals surface area contributed by atoms with Gasteiger partial charge in [0.05, 0.1) is 0 Å². The van der Waals surface area contributed by atoms with Crippen LogP contribution in [0.1, 0.15) is 0 Å². The number of hydrogen-bond donors (Lipinski definition) is 2. The summed E-state index contributed by atoms with van der Waals surface area (Å²) in [5.74, 6) is 2.66. The van der Waals surface area contributed by atoms with Gasteiger partial charge in [-0.05, 0) is 0 Å². The number of carboxylic acid groups (broad SMARTS) is 1. The zero-order valence-electron chi connectivity index (χ0n) is 6.25. The fourth-order valence-electron chi connectivity index (χ4n) is 0.520. The second-order valence-electron chi connectivity index (χ2n) is 1.79. The Morgan fingerprint density at radius 3 is 2.08 bits per heavy atom. The summed E-state index contributed by atoms with van der Waals surface area (Å²) in [6.07, 6.45) is 0. The van der Waals surface area contributed by atoms with Gasteiger partial charge in [-0.3, -0.25) is 0 Å². The van der Waals surface area contributed by atoms with Gasteiger partial charge < -0.3 is 0 Å². The standard InChI is InChI=1S/C5H5NO5P2/c7-1-4(5(8)9)6(2-12-10)3-13-11/h4,7H,1H2,(H,8,9)/t4-/m0/s1. The summed E-state index contributed by atoms with van der Waals surface area (Å²) in [5.41, 5.74) is 0. The van der Waals surface area contributed by atoms with Gasteiger partial charge in [0.25, 0.3) is 0 Å². The molecular weight excluding hydrogens is 216 g/mol. The van der Waals surface area contributed by atoms with Crippen LogP contribution in [0.15, 0.2) is 0 Å². The SMILES string of the molecule is O=P#CN(C#P=O)[C@@H](CO)C(=O)O. The Kier molecular flexibility index (Phi) is 6.56. The Bertz CT molecular complexity index is 353. The van der Waals surface area contributed by atoms with Gasteiger partial charge in [0.15, 0.2) is 0 Å². The van der Waals surface area contributed by atoms with Gasteiger partial charge in [-0.1, -0.05) is 0 Å². The number of aliphatic hydroxyl groups is 1. The van der Waals surface area contributed by atoms with E-state index < -0.39 is 34.4 Å². The number of hydrogen-bond acceptors (Lipinski definition) is 5. The second-order valence-corrected chi connectivity index (χ2v) is 2.55. The van der Waals surface area contributed by atoms with E-state index in [1.165, 1.54) is 0 Å². The third-order valence-electron chi connectivity index (χ3n) is 1.07. The monoisotopic (exact) mass is 221 g/mol. The number of carbonyl (C=O) groups is 1. The first kappa shape index (κ1) is 12.4. The van der Waals surface area contributed by atoms with E-state index in [0.29, 0.717) is 4.90 Å². The Labute approximate surface area is 75.8 Å². The molecule has 0 aliphatic rings. The summed E-state index contributed by atoms with van der Waals surface area (Å²) in [7, 11) is -1.16. The van der Waals surface area contributed by atoms with Crippen LogP contribution in [0.4, 0.5) is 0 Å². The maximum absolute atomic E-state index is 10.4. The van der Waals surface area contributed by atoms with Gasteiger partial charge in [0.1, 0.15) is 0 Å². The van der Waals surface area contributed by atoms with Gasteiger partial charge in [-0.25, -0.2) is 0 Å². The van der Waals surface area contributed by atoms with E-state index in [1.807, 2.05) is 11.5 Å². The van der Waals surface area contributed by atoms with Gasteiger partial charge >= 0.3 is 75.0 Å². The molecule has 0 radical (unpaired) electrons. The molecule has 0 heterocycles. The van der Waals surface area contributed by atoms with Crippen molar-refractivity contribution < 1.29 is 24.1 Å². The first-order chi connectivity index (χ1) is 6.17. The van der Waals surface area contributed by atoms with E-state index in [9.17, 15) is 13.9 Å². The van der Waals surface area contributed by atoms with Crippen molar-refractivity contribution in [3.05, 3.63) is 0 Å². The van der Waals surface area contributed by atoms with Crippen molar-refractivity contribution in [2.45, 2.75) is 6.04 Å². The first-order valence-corrected chi connectivity index (χ1v) is 4.58. The van der Waals surface area contributed by atoms with Crippen molar-refractivity contribution in [3.8, 4) is 11.5 Å². The van der Waals surface area contributed by atoms with Crippen molar-refractivity contribution in [2.75, 3.05) is 6.61 Å². The van der Waals surface area contributed by atoms with E-state index in [0.717, 1.165) is 0 Å². The molecule has 0 saturated heterocycles. The minimum atomic E-state index is -1.37. The fraction of sp³-hybridized carbons (Fsp3) is 0.400. The van der Waals surface area contributed by atoms with Gasteiger partial charge in [0, 0.05) is 0 Å². The summed E-state index contributed by atoms with van der Waals surface area (Å²) in [6, 6.07) is -1.37. The van der Waals surface area contributed by atoms with E-state index in [1.54, 1.807) is 0 Å². The summed E-state index contributed by atoms with van der Waals surface area (Å²) >= 11 is 0. The number of nitrogens with zero attached hydrogens (tertiary/aromatic N) is 1. The van der Waals surface area contributed by atoms with Crippen molar-refractivity contribution in [1.82, 2.24) is 4.90 Å². The first-order valence-electron chi connectivity index (χ1n) is 2.96. The van der Waals surface area contributed by atoms with Gasteiger partial charge in [-0.2, -0.15) is 0 Å². The van der Waals surface area contributed by atoms with Gasteiger partial charge in [-0.15, -0.1) is 0 Å². The third-order valence-corrected chi connectivity index (χ3v) is 1.66. The maximum atomic E-state index is 10.4. The number of aliphatic carboxylic acids is 1. The molecule has 0 aromatic rings. The molecule has 0 bridgehead atoms. The van der Waals surface area contributed by atoms with Crippen LogP contribution < -0.4 is 0 Å². The molecule has 70 valence electrons. The van der Waals surface area contributed by atoms with Crippen LogP contribution in [0.25, 0.3) is 0 Å². The number of aliphatic hydroxyl groups excluding tert-OH is 1. The molecule has 0 saturated carbocycles. The van der Waals surface area contributed by atoms with Crippen molar-refractivity contribution in [3.63, 3.8) is 0 Å². The molecule has 0 amide bonds. The molecule has 6 nitrogen and oxygen atoms in total. The summed E-state index contributed by atoms with van der Waals surface area (Å²) in [5, 5.41) is 17.1. The normalized spacial score (nSPS) is 11.2. The molecule has 0 aliphatic heterocycles. The predicted molar refractivity (Wildman–Crippen MR) is 43.3 cm³/mol. The second kappa shape index (κ2) is 6.88. The summed E-state index contributed by atoms with van der Waals surface area (Å²) in [6.45, 7) is -0.722. The van der Waals surface area contributed by atoms with E-state index >= 15 is 0 Å². The van der Waals surface area contributed by atoms with Gasteiger partial charge in [0.2, 0.25) is 0 Å². The molecule has 0 rings (SSSR count). The molecule has 2 N–H and O–H groups in total. The zero-order chi connectivity index (χ0) is 10.3. The van der Waals surface area contributed by atoms with Crippen LogP contribution in [0, 0.1) is 11.5 Å². The average Bonchev–Trinajstić information content (AvgIpc) is 2.05. The van der Waals surface area contributed by atoms with E-state index in [2.05, 4.69) is 0 Å². The molecule has 0 fully saturated rings. The Balaban J connectivity index is 4.93. The Morgan fingerprint density at radius 2 is 1.85 bits per heavy atom. The van der Waals surface area contributed by atoms with E-state index in [-0.39, 0.29) is 0 Å². The van der Waals surface area contributed by atoms with E-state index in [4.69, 9.17) is 10.2 Å². The molecule has 0 aliphatic carbocycles. The fourth-order valence-corrected chi connectivity index (χ4v) is 1.15. The molecule has 0 aromatic heterocycles. The Hall–Kier alpha value is -0.590. The number of rotatable bonds is 3. The molecule has 0 aromatic carbocycles. The van der Waals surface area contributed by atoms with Crippen molar-refractivity contribution in [2.24, 2.45) is 0 Å².